The van der Waals surface area contributed by atoms with E-state index in [2.05, 4.69) is 10.0 Å². The molecule has 3 N–H and O–H groups in total. The Hall–Kier alpha value is -1.76. The topological polar surface area (TPSA) is 95.5 Å². The number of amides is 1. The predicted molar refractivity (Wildman–Crippen MR) is 60.0 cm³/mol. The quantitative estimate of drug-likeness (QED) is 0.658. The number of carbonyl (C=O) groups is 1. The first-order valence-corrected chi connectivity index (χ1v) is 6.25. The Morgan fingerprint density at radius 2 is 2.00 bits per heavy atom. The van der Waals surface area contributed by atoms with Gasteiger partial charge in [0, 0.05) is 12.7 Å². The number of carbonyl (C=O) groups excluding carboxylic acids is 1. The van der Waals surface area contributed by atoms with Crippen molar-refractivity contribution in [3.05, 3.63) is 23.8 Å². The average Bonchev–Trinajstić information content (AvgIpc) is 2.18. The van der Waals surface area contributed by atoms with E-state index in [1.807, 2.05) is 0 Å². The molecule has 6 nitrogen and oxygen atoms in total. The highest BCUT2D eigenvalue weighted by Crippen LogP contribution is 2.21. The Balaban J connectivity index is 3.12. The fourth-order valence-electron chi connectivity index (χ4n) is 1.13. The third-order valence-electron chi connectivity index (χ3n) is 1.77. The van der Waals surface area contributed by atoms with Gasteiger partial charge in [0.05, 0.1) is 11.8 Å². The molecule has 1 aromatic rings. The molecule has 0 spiro atoms. The number of hydrogen-bond acceptors (Lipinski definition) is 4. The number of nitrogens with one attached hydrogen (secondary N) is 2. The van der Waals surface area contributed by atoms with Crippen LogP contribution in [0.4, 0.5) is 5.69 Å². The van der Waals surface area contributed by atoms with Crippen molar-refractivity contribution in [1.82, 2.24) is 5.32 Å². The van der Waals surface area contributed by atoms with Gasteiger partial charge in [0.25, 0.3) is 5.91 Å². The van der Waals surface area contributed by atoms with Crippen molar-refractivity contribution >= 4 is 21.6 Å². The molecule has 0 atom stereocenters. The fraction of sp³-hybridized carbons (Fsp3) is 0.222. The summed E-state index contributed by atoms with van der Waals surface area (Å²) in [4.78, 5) is 11.3. The van der Waals surface area contributed by atoms with Crippen molar-refractivity contribution in [2.75, 3.05) is 18.0 Å². The van der Waals surface area contributed by atoms with Gasteiger partial charge in [-0.1, -0.05) is 0 Å². The molecule has 16 heavy (non-hydrogen) atoms. The maximum atomic E-state index is 11.3. The third-order valence-corrected chi connectivity index (χ3v) is 2.38. The van der Waals surface area contributed by atoms with E-state index in [0.29, 0.717) is 0 Å². The normalized spacial score (nSPS) is 10.9. The van der Waals surface area contributed by atoms with Crippen molar-refractivity contribution < 1.29 is 18.3 Å². The average molecular weight is 244 g/mol. The van der Waals surface area contributed by atoms with Gasteiger partial charge in [0.2, 0.25) is 10.0 Å². The zero-order chi connectivity index (χ0) is 12.3. The highest BCUT2D eigenvalue weighted by Gasteiger charge is 2.11. The van der Waals surface area contributed by atoms with Gasteiger partial charge < -0.3 is 10.4 Å². The van der Waals surface area contributed by atoms with Gasteiger partial charge >= 0.3 is 0 Å². The summed E-state index contributed by atoms with van der Waals surface area (Å²) in [6.45, 7) is 0. The number of benzene rings is 1. The van der Waals surface area contributed by atoms with E-state index in [4.69, 9.17) is 0 Å². The molecule has 0 saturated heterocycles. The van der Waals surface area contributed by atoms with Gasteiger partial charge in [-0.3, -0.25) is 9.52 Å². The number of anilines is 1. The molecule has 0 unspecified atom stereocenters. The molecule has 0 aliphatic heterocycles. The van der Waals surface area contributed by atoms with E-state index in [1.165, 1.54) is 25.2 Å². The van der Waals surface area contributed by atoms with E-state index in [0.717, 1.165) is 6.26 Å². The smallest absolute Gasteiger partial charge is 0.254 e. The van der Waals surface area contributed by atoms with Crippen molar-refractivity contribution in [2.45, 2.75) is 0 Å². The first-order valence-electron chi connectivity index (χ1n) is 4.36. The van der Waals surface area contributed by atoms with Gasteiger partial charge in [0.1, 0.15) is 5.75 Å². The van der Waals surface area contributed by atoms with Crippen LogP contribution < -0.4 is 10.0 Å². The second kappa shape index (κ2) is 4.40. The number of rotatable bonds is 3. The lowest BCUT2D eigenvalue weighted by molar-refractivity contribution is 0.0960. The van der Waals surface area contributed by atoms with E-state index >= 15 is 0 Å². The SMILES string of the molecule is CNC(=O)c1cc(NS(C)(=O)=O)ccc1O. The second-order valence-electron chi connectivity index (χ2n) is 3.19. The number of hydrogen-bond donors (Lipinski definition) is 3. The van der Waals surface area contributed by atoms with Crippen LogP contribution in [0, 0.1) is 0 Å². The third kappa shape index (κ3) is 3.13. The van der Waals surface area contributed by atoms with Crippen molar-refractivity contribution in [3.8, 4) is 5.75 Å². The van der Waals surface area contributed by atoms with Gasteiger partial charge in [-0.2, -0.15) is 0 Å². The molecular weight excluding hydrogens is 232 g/mol. The Morgan fingerprint density at radius 1 is 1.38 bits per heavy atom. The molecule has 1 aromatic carbocycles. The summed E-state index contributed by atoms with van der Waals surface area (Å²) in [6, 6.07) is 3.87. The zero-order valence-electron chi connectivity index (χ0n) is 8.81. The van der Waals surface area contributed by atoms with Crippen LogP contribution in [0.1, 0.15) is 10.4 Å². The molecule has 0 bridgehead atoms. The van der Waals surface area contributed by atoms with Crippen molar-refractivity contribution in [3.63, 3.8) is 0 Å². The van der Waals surface area contributed by atoms with Crippen LogP contribution in [-0.2, 0) is 10.0 Å². The van der Waals surface area contributed by atoms with Crippen LogP contribution in [0.15, 0.2) is 18.2 Å². The minimum atomic E-state index is -3.40. The lowest BCUT2D eigenvalue weighted by Gasteiger charge is -2.07. The lowest BCUT2D eigenvalue weighted by Crippen LogP contribution is -2.18. The van der Waals surface area contributed by atoms with Crippen molar-refractivity contribution in [2.24, 2.45) is 0 Å². The summed E-state index contributed by atoms with van der Waals surface area (Å²) in [6.07, 6.45) is 0.999. The summed E-state index contributed by atoms with van der Waals surface area (Å²) in [5.41, 5.74) is 0.232. The number of phenolic OH excluding ortho intramolecular Hbond substituents is 1. The summed E-state index contributed by atoms with van der Waals surface area (Å²) in [5.74, 6) is -0.701. The lowest BCUT2D eigenvalue weighted by atomic mass is 10.1. The van der Waals surface area contributed by atoms with Crippen LogP contribution in [0.5, 0.6) is 5.75 Å². The van der Waals surface area contributed by atoms with Crippen LogP contribution in [-0.4, -0.2) is 32.7 Å². The molecule has 1 amide bonds. The Labute approximate surface area is 93.3 Å². The molecule has 7 heteroatoms. The molecule has 0 aliphatic carbocycles. The number of sulfonamides is 1. The van der Waals surface area contributed by atoms with Crippen LogP contribution >= 0.6 is 0 Å². The molecule has 0 aliphatic rings. The molecule has 0 heterocycles. The van der Waals surface area contributed by atoms with E-state index in [1.54, 1.807) is 0 Å². The molecule has 0 aromatic heterocycles. The van der Waals surface area contributed by atoms with Crippen LogP contribution in [0.2, 0.25) is 0 Å². The zero-order valence-corrected chi connectivity index (χ0v) is 9.63. The minimum Gasteiger partial charge on any atom is -0.507 e. The van der Waals surface area contributed by atoms with Gasteiger partial charge in [-0.25, -0.2) is 8.42 Å². The first-order chi connectivity index (χ1) is 7.33. The van der Waals surface area contributed by atoms with Gasteiger partial charge in [0.15, 0.2) is 0 Å². The monoisotopic (exact) mass is 244 g/mol. The van der Waals surface area contributed by atoms with E-state index < -0.39 is 15.9 Å². The van der Waals surface area contributed by atoms with Crippen LogP contribution in [0.25, 0.3) is 0 Å². The Kier molecular flexibility index (Phi) is 3.38. The largest absolute Gasteiger partial charge is 0.507 e. The van der Waals surface area contributed by atoms with E-state index in [9.17, 15) is 18.3 Å². The first kappa shape index (κ1) is 12.3. The number of phenols is 1. The Morgan fingerprint density at radius 3 is 2.50 bits per heavy atom. The van der Waals surface area contributed by atoms with Gasteiger partial charge in [-0.05, 0) is 18.2 Å². The molecule has 1 rings (SSSR count). The summed E-state index contributed by atoms with van der Waals surface area (Å²) in [7, 11) is -1.99. The fourth-order valence-corrected chi connectivity index (χ4v) is 1.69. The van der Waals surface area contributed by atoms with Gasteiger partial charge in [-0.15, -0.1) is 0 Å². The van der Waals surface area contributed by atoms with Crippen molar-refractivity contribution in [1.29, 1.82) is 0 Å². The second-order valence-corrected chi connectivity index (χ2v) is 4.93. The maximum absolute atomic E-state index is 11.3. The summed E-state index contributed by atoms with van der Waals surface area (Å²) < 4.78 is 24.1. The highest BCUT2D eigenvalue weighted by atomic mass is 32.2. The predicted octanol–water partition coefficient (Wildman–Crippen LogP) is 0.123. The Bertz CT molecular complexity index is 510. The molecule has 0 fully saturated rings. The molecule has 88 valence electrons. The highest BCUT2D eigenvalue weighted by molar-refractivity contribution is 7.92. The maximum Gasteiger partial charge on any atom is 0.254 e. The van der Waals surface area contributed by atoms with Crippen LogP contribution in [0.3, 0.4) is 0 Å². The molecular formula is C9H12N2O4S. The number of aromatic hydroxyl groups is 1. The molecule has 0 saturated carbocycles. The molecule has 0 radical (unpaired) electrons. The summed E-state index contributed by atoms with van der Waals surface area (Å²) in [5, 5.41) is 11.7. The summed E-state index contributed by atoms with van der Waals surface area (Å²) >= 11 is 0. The minimum absolute atomic E-state index is 0.0103. The van der Waals surface area contributed by atoms with E-state index in [-0.39, 0.29) is 17.0 Å². The standard InChI is InChI=1S/C9H12N2O4S/c1-10-9(13)7-5-6(3-4-8(7)12)11-16(2,14)15/h3-5,11-12H,1-2H3,(H,10,13).